The summed E-state index contributed by atoms with van der Waals surface area (Å²) in [4.78, 5) is 4.68. The first kappa shape index (κ1) is 9.45. The van der Waals surface area contributed by atoms with Gasteiger partial charge in [0, 0.05) is 11.1 Å². The van der Waals surface area contributed by atoms with Crippen molar-refractivity contribution in [2.45, 2.75) is 40.0 Å². The molecule has 2 rings (SSSR count). The molecule has 0 N–H and O–H groups in total. The summed E-state index contributed by atoms with van der Waals surface area (Å²) in [5.74, 6) is 0. The number of nitrogens with zero attached hydrogens (tertiary/aromatic N) is 1. The molecule has 0 aromatic heterocycles. The highest BCUT2D eigenvalue weighted by Crippen LogP contribution is 2.43. The summed E-state index contributed by atoms with van der Waals surface area (Å²) in [5, 5.41) is 0. The fraction of sp³-hybridized carbons (Fsp3) is 0.462. The molecule has 0 saturated carbocycles. The topological polar surface area (TPSA) is 12.4 Å². The Labute approximate surface area is 85.9 Å². The van der Waals surface area contributed by atoms with Gasteiger partial charge < -0.3 is 0 Å². The second-order valence-electron chi connectivity index (χ2n) is 4.75. The highest BCUT2D eigenvalue weighted by molar-refractivity contribution is 6.00. The van der Waals surface area contributed by atoms with Crippen molar-refractivity contribution in [3.8, 4) is 0 Å². The largest absolute Gasteiger partial charge is 0.257 e. The van der Waals surface area contributed by atoms with E-state index in [9.17, 15) is 0 Å². The zero-order chi connectivity index (χ0) is 10.5. The Morgan fingerprint density at radius 1 is 1.00 bits per heavy atom. The molecular weight excluding hydrogens is 170 g/mol. The van der Waals surface area contributed by atoms with Crippen LogP contribution in [0.4, 0.5) is 5.69 Å². The minimum atomic E-state index is 0.117. The third-order valence-corrected chi connectivity index (χ3v) is 3.40. The van der Waals surface area contributed by atoms with Crippen LogP contribution in [0.15, 0.2) is 17.1 Å². The average molecular weight is 187 g/mol. The van der Waals surface area contributed by atoms with Gasteiger partial charge in [0.05, 0.1) is 5.69 Å². The minimum Gasteiger partial charge on any atom is -0.257 e. The minimum absolute atomic E-state index is 0.117. The van der Waals surface area contributed by atoms with Crippen LogP contribution in [0.25, 0.3) is 0 Å². The second-order valence-corrected chi connectivity index (χ2v) is 4.75. The molecule has 1 aliphatic heterocycles. The maximum Gasteiger partial charge on any atom is 0.0702 e. The normalized spacial score (nSPS) is 17.9. The van der Waals surface area contributed by atoms with Crippen molar-refractivity contribution in [1.29, 1.82) is 0 Å². The monoisotopic (exact) mass is 187 g/mol. The predicted molar refractivity (Wildman–Crippen MR) is 61.7 cm³/mol. The summed E-state index contributed by atoms with van der Waals surface area (Å²) in [5.41, 5.74) is 6.60. The van der Waals surface area contributed by atoms with Crippen molar-refractivity contribution in [3.05, 3.63) is 28.8 Å². The van der Waals surface area contributed by atoms with Crippen LogP contribution in [0, 0.1) is 13.8 Å². The van der Waals surface area contributed by atoms with Crippen LogP contribution in [0.2, 0.25) is 0 Å². The number of fused-ring (bicyclic) bond motifs is 1. The summed E-state index contributed by atoms with van der Waals surface area (Å²) in [6.07, 6.45) is 0. The number of aliphatic imine (C=N–C) groups is 1. The van der Waals surface area contributed by atoms with Gasteiger partial charge in [-0.3, -0.25) is 4.99 Å². The maximum atomic E-state index is 4.68. The van der Waals surface area contributed by atoms with E-state index in [2.05, 4.69) is 51.7 Å². The first-order valence-corrected chi connectivity index (χ1v) is 5.11. The highest BCUT2D eigenvalue weighted by atomic mass is 14.8. The van der Waals surface area contributed by atoms with Crippen LogP contribution in [0.1, 0.15) is 37.5 Å². The highest BCUT2D eigenvalue weighted by Gasteiger charge is 2.34. The zero-order valence-corrected chi connectivity index (χ0v) is 9.60. The van der Waals surface area contributed by atoms with Gasteiger partial charge in [0.25, 0.3) is 0 Å². The van der Waals surface area contributed by atoms with E-state index >= 15 is 0 Å². The molecule has 0 unspecified atom stereocenters. The molecule has 1 aliphatic rings. The smallest absolute Gasteiger partial charge is 0.0702 e. The van der Waals surface area contributed by atoms with Gasteiger partial charge in [0.2, 0.25) is 0 Å². The molecule has 0 saturated heterocycles. The molecule has 74 valence electrons. The summed E-state index contributed by atoms with van der Waals surface area (Å²) in [6.45, 7) is 10.9. The molecule has 0 bridgehead atoms. The van der Waals surface area contributed by atoms with Gasteiger partial charge in [-0.2, -0.15) is 0 Å². The van der Waals surface area contributed by atoms with Crippen molar-refractivity contribution in [2.24, 2.45) is 4.99 Å². The number of rotatable bonds is 0. The quantitative estimate of drug-likeness (QED) is 0.587. The van der Waals surface area contributed by atoms with Crippen molar-refractivity contribution < 1.29 is 0 Å². The van der Waals surface area contributed by atoms with E-state index in [1.807, 2.05) is 0 Å². The van der Waals surface area contributed by atoms with E-state index in [4.69, 9.17) is 0 Å². The molecule has 1 heteroatoms. The maximum absolute atomic E-state index is 4.68. The Morgan fingerprint density at radius 2 is 1.57 bits per heavy atom. The lowest BCUT2D eigenvalue weighted by Gasteiger charge is -2.22. The van der Waals surface area contributed by atoms with E-state index in [1.54, 1.807) is 0 Å². The van der Waals surface area contributed by atoms with Gasteiger partial charge in [0.15, 0.2) is 0 Å². The van der Waals surface area contributed by atoms with E-state index < -0.39 is 0 Å². The van der Waals surface area contributed by atoms with Gasteiger partial charge in [-0.1, -0.05) is 26.0 Å². The van der Waals surface area contributed by atoms with Gasteiger partial charge >= 0.3 is 0 Å². The van der Waals surface area contributed by atoms with Crippen molar-refractivity contribution >= 4 is 11.4 Å². The summed E-state index contributed by atoms with van der Waals surface area (Å²) in [7, 11) is 0. The third kappa shape index (κ3) is 1.05. The summed E-state index contributed by atoms with van der Waals surface area (Å²) < 4.78 is 0. The molecule has 1 heterocycles. The van der Waals surface area contributed by atoms with E-state index in [1.165, 1.54) is 28.1 Å². The zero-order valence-electron chi connectivity index (χ0n) is 9.60. The van der Waals surface area contributed by atoms with E-state index in [-0.39, 0.29) is 5.41 Å². The summed E-state index contributed by atoms with van der Waals surface area (Å²) >= 11 is 0. The number of benzene rings is 1. The molecule has 0 fully saturated rings. The van der Waals surface area contributed by atoms with Gasteiger partial charge in [0.1, 0.15) is 0 Å². The molecule has 0 aliphatic carbocycles. The van der Waals surface area contributed by atoms with Crippen molar-refractivity contribution in [3.63, 3.8) is 0 Å². The Balaban J connectivity index is 2.78. The van der Waals surface area contributed by atoms with Crippen LogP contribution < -0.4 is 0 Å². The fourth-order valence-electron chi connectivity index (χ4n) is 2.22. The summed E-state index contributed by atoms with van der Waals surface area (Å²) in [6, 6.07) is 4.36. The van der Waals surface area contributed by atoms with Gasteiger partial charge in [-0.05, 0) is 37.5 Å². The van der Waals surface area contributed by atoms with Crippen LogP contribution in [-0.4, -0.2) is 5.71 Å². The van der Waals surface area contributed by atoms with Gasteiger partial charge in [-0.15, -0.1) is 0 Å². The first-order chi connectivity index (χ1) is 6.44. The molecule has 14 heavy (non-hydrogen) atoms. The molecule has 0 atom stereocenters. The average Bonchev–Trinajstić information content (AvgIpc) is 2.33. The van der Waals surface area contributed by atoms with Crippen LogP contribution >= 0.6 is 0 Å². The molecule has 0 radical (unpaired) electrons. The molecular formula is C13H17N. The van der Waals surface area contributed by atoms with E-state index in [0.717, 1.165) is 0 Å². The van der Waals surface area contributed by atoms with Crippen LogP contribution in [0.3, 0.4) is 0 Å². The Hall–Kier alpha value is -1.11. The third-order valence-electron chi connectivity index (χ3n) is 3.40. The number of hydrogen-bond acceptors (Lipinski definition) is 1. The van der Waals surface area contributed by atoms with Crippen LogP contribution in [-0.2, 0) is 5.41 Å². The Bertz CT molecular complexity index is 425. The Kier molecular flexibility index (Phi) is 1.82. The molecule has 0 amide bonds. The predicted octanol–water partition coefficient (Wildman–Crippen LogP) is 3.69. The lowest BCUT2D eigenvalue weighted by Crippen LogP contribution is -2.23. The second kappa shape index (κ2) is 2.69. The van der Waals surface area contributed by atoms with Crippen molar-refractivity contribution in [1.82, 2.24) is 0 Å². The van der Waals surface area contributed by atoms with Crippen LogP contribution in [0.5, 0.6) is 0 Å². The lowest BCUT2D eigenvalue weighted by atomic mass is 9.79. The lowest BCUT2D eigenvalue weighted by molar-refractivity contribution is 0.727. The standard InChI is InChI=1S/C13H17N/c1-8-6-7-9(2)12-11(8)13(4,5)10(3)14-12/h6-7H,1-5H3. The number of aryl methyl sites for hydroxylation is 2. The molecule has 1 aromatic rings. The molecule has 0 spiro atoms. The Morgan fingerprint density at radius 3 is 2.14 bits per heavy atom. The van der Waals surface area contributed by atoms with E-state index in [0.29, 0.717) is 0 Å². The van der Waals surface area contributed by atoms with Gasteiger partial charge in [-0.25, -0.2) is 0 Å². The number of hydrogen-bond donors (Lipinski definition) is 0. The SMILES string of the molecule is CC1=Nc2c(C)ccc(C)c2C1(C)C. The molecule has 1 nitrogen and oxygen atoms in total. The first-order valence-electron chi connectivity index (χ1n) is 5.11. The van der Waals surface area contributed by atoms with Crippen molar-refractivity contribution in [2.75, 3.05) is 0 Å². The molecule has 1 aromatic carbocycles. The fourth-order valence-corrected chi connectivity index (χ4v) is 2.22.